The highest BCUT2D eigenvalue weighted by Gasteiger charge is 2.02. The smallest absolute Gasteiger partial charge is 0.221 e. The Labute approximate surface area is 101 Å². The summed E-state index contributed by atoms with van der Waals surface area (Å²) in [6.45, 7) is 0.831. The van der Waals surface area contributed by atoms with Crippen LogP contribution in [0.3, 0.4) is 0 Å². The normalized spacial score (nSPS) is 10.1. The summed E-state index contributed by atoms with van der Waals surface area (Å²) >= 11 is 0. The average Bonchev–Trinajstić information content (AvgIpc) is 2.32. The van der Waals surface area contributed by atoms with Gasteiger partial charge in [-0.1, -0.05) is 30.3 Å². The first-order valence-corrected chi connectivity index (χ1v) is 5.54. The number of nitrogens with two attached hydrogens (primary N) is 1. The van der Waals surface area contributed by atoms with E-state index in [1.54, 1.807) is 0 Å². The quantitative estimate of drug-likeness (QED) is 0.780. The molecule has 0 aliphatic heterocycles. The van der Waals surface area contributed by atoms with Crippen LogP contribution in [0.4, 0.5) is 0 Å². The molecule has 0 bridgehead atoms. The lowest BCUT2D eigenvalue weighted by molar-refractivity contribution is -0.688. The second-order valence-electron chi connectivity index (χ2n) is 4.01. The minimum absolute atomic E-state index is 0.296. The number of benzene rings is 1. The molecular formula is C14H15N2O+. The summed E-state index contributed by atoms with van der Waals surface area (Å²) in [6.07, 6.45) is 4.35. The molecule has 3 heteroatoms. The molecule has 1 aromatic heterocycles. The fourth-order valence-electron chi connectivity index (χ4n) is 1.71. The Morgan fingerprint density at radius 3 is 2.18 bits per heavy atom. The molecule has 0 unspecified atom stereocenters. The van der Waals surface area contributed by atoms with Crippen molar-refractivity contribution in [2.24, 2.45) is 5.73 Å². The van der Waals surface area contributed by atoms with Gasteiger partial charge in [0.05, 0.1) is 6.42 Å². The maximum Gasteiger partial charge on any atom is 0.221 e. The second-order valence-corrected chi connectivity index (χ2v) is 4.01. The molecule has 2 N–H and O–H groups in total. The Kier molecular flexibility index (Phi) is 3.50. The number of primary amides is 1. The van der Waals surface area contributed by atoms with E-state index in [-0.39, 0.29) is 5.91 Å². The number of rotatable bonds is 4. The summed E-state index contributed by atoms with van der Waals surface area (Å²) in [5, 5.41) is 0. The van der Waals surface area contributed by atoms with E-state index in [4.69, 9.17) is 5.73 Å². The Morgan fingerprint density at radius 1 is 1.00 bits per heavy atom. The Bertz CT molecular complexity index is 491. The first-order valence-electron chi connectivity index (χ1n) is 5.54. The third-order valence-electron chi connectivity index (χ3n) is 2.54. The second kappa shape index (κ2) is 5.25. The summed E-state index contributed by atoms with van der Waals surface area (Å²) in [5.74, 6) is -0.296. The molecule has 0 saturated heterocycles. The van der Waals surface area contributed by atoms with Gasteiger partial charge in [-0.25, -0.2) is 4.57 Å². The van der Waals surface area contributed by atoms with Gasteiger partial charge in [0.1, 0.15) is 0 Å². The van der Waals surface area contributed by atoms with E-state index >= 15 is 0 Å². The van der Waals surface area contributed by atoms with Crippen molar-refractivity contribution in [1.29, 1.82) is 0 Å². The van der Waals surface area contributed by atoms with Gasteiger partial charge in [-0.05, 0) is 5.56 Å². The summed E-state index contributed by atoms with van der Waals surface area (Å²) in [6, 6.07) is 13.9. The lowest BCUT2D eigenvalue weighted by atomic mass is 10.1. The Balaban J connectivity index is 2.06. The van der Waals surface area contributed by atoms with Crippen LogP contribution in [0, 0.1) is 0 Å². The number of hydrogen-bond donors (Lipinski definition) is 1. The molecule has 1 aromatic carbocycles. The summed E-state index contributed by atoms with van der Waals surface area (Å²) in [4.78, 5) is 10.8. The molecule has 0 spiro atoms. The molecule has 0 fully saturated rings. The first-order chi connectivity index (χ1) is 8.24. The van der Waals surface area contributed by atoms with Crippen molar-refractivity contribution in [2.45, 2.75) is 13.0 Å². The van der Waals surface area contributed by atoms with E-state index in [1.165, 1.54) is 5.56 Å². The van der Waals surface area contributed by atoms with Crippen molar-refractivity contribution in [3.8, 4) is 0 Å². The first kappa shape index (κ1) is 11.3. The van der Waals surface area contributed by atoms with Gasteiger partial charge >= 0.3 is 0 Å². The van der Waals surface area contributed by atoms with Crippen molar-refractivity contribution in [2.75, 3.05) is 0 Å². The van der Waals surface area contributed by atoms with Gasteiger partial charge in [-0.3, -0.25) is 4.79 Å². The van der Waals surface area contributed by atoms with Crippen molar-refractivity contribution in [3.63, 3.8) is 0 Å². The van der Waals surface area contributed by atoms with E-state index in [2.05, 4.69) is 4.57 Å². The molecule has 0 aliphatic carbocycles. The molecule has 3 nitrogen and oxygen atoms in total. The van der Waals surface area contributed by atoms with Crippen LogP contribution in [0.25, 0.3) is 0 Å². The molecule has 0 atom stereocenters. The predicted octanol–water partition coefficient (Wildman–Crippen LogP) is 1.05. The molecule has 2 rings (SSSR count). The maximum absolute atomic E-state index is 10.8. The average molecular weight is 227 g/mol. The molecule has 86 valence electrons. The van der Waals surface area contributed by atoms with Crippen LogP contribution < -0.4 is 10.3 Å². The van der Waals surface area contributed by atoms with Crippen molar-refractivity contribution in [3.05, 3.63) is 66.0 Å². The van der Waals surface area contributed by atoms with Crippen molar-refractivity contribution >= 4 is 5.91 Å². The summed E-state index contributed by atoms with van der Waals surface area (Å²) in [7, 11) is 0. The highest BCUT2D eigenvalue weighted by molar-refractivity contribution is 5.76. The van der Waals surface area contributed by atoms with Gasteiger partial charge in [-0.2, -0.15) is 0 Å². The predicted molar refractivity (Wildman–Crippen MR) is 65.1 cm³/mol. The van der Waals surface area contributed by atoms with Crippen LogP contribution in [-0.4, -0.2) is 5.91 Å². The van der Waals surface area contributed by atoms with Crippen molar-refractivity contribution in [1.82, 2.24) is 0 Å². The van der Waals surface area contributed by atoms with E-state index in [0.29, 0.717) is 6.42 Å². The van der Waals surface area contributed by atoms with E-state index in [9.17, 15) is 4.79 Å². The monoisotopic (exact) mass is 227 g/mol. The number of carbonyl (C=O) groups excluding carboxylic acids is 1. The maximum atomic E-state index is 10.8. The van der Waals surface area contributed by atoms with Crippen molar-refractivity contribution < 1.29 is 9.36 Å². The molecular weight excluding hydrogens is 212 g/mol. The van der Waals surface area contributed by atoms with Crippen LogP contribution in [0.2, 0.25) is 0 Å². The van der Waals surface area contributed by atoms with Crippen LogP contribution in [0.5, 0.6) is 0 Å². The Hall–Kier alpha value is -2.16. The van der Waals surface area contributed by atoms with Crippen LogP contribution in [-0.2, 0) is 17.8 Å². The van der Waals surface area contributed by atoms with E-state index in [0.717, 1.165) is 12.1 Å². The molecule has 17 heavy (non-hydrogen) atoms. The molecule has 2 aromatic rings. The van der Waals surface area contributed by atoms with Gasteiger partial charge < -0.3 is 5.73 Å². The fourth-order valence-corrected chi connectivity index (χ4v) is 1.71. The van der Waals surface area contributed by atoms with Crippen LogP contribution in [0.1, 0.15) is 11.1 Å². The zero-order chi connectivity index (χ0) is 12.1. The zero-order valence-corrected chi connectivity index (χ0v) is 9.54. The van der Waals surface area contributed by atoms with Crippen LogP contribution >= 0.6 is 0 Å². The minimum Gasteiger partial charge on any atom is -0.369 e. The lowest BCUT2D eigenvalue weighted by Crippen LogP contribution is -2.32. The fraction of sp³-hybridized carbons (Fsp3) is 0.143. The van der Waals surface area contributed by atoms with E-state index < -0.39 is 0 Å². The van der Waals surface area contributed by atoms with Gasteiger partial charge in [0, 0.05) is 17.7 Å². The number of hydrogen-bond acceptors (Lipinski definition) is 1. The summed E-state index contributed by atoms with van der Waals surface area (Å²) in [5.41, 5.74) is 7.30. The standard InChI is InChI=1S/C14H14N2O/c15-14(17)10-12-4-6-13(7-5-12)11-16-8-2-1-3-9-16/h1-9H,10-11H2,(H-,15,17)/p+1. The Morgan fingerprint density at radius 2 is 1.59 bits per heavy atom. The number of pyridine rings is 1. The lowest BCUT2D eigenvalue weighted by Gasteiger charge is -2.00. The minimum atomic E-state index is -0.296. The topological polar surface area (TPSA) is 47.0 Å². The molecule has 0 saturated carbocycles. The van der Waals surface area contributed by atoms with Gasteiger partial charge in [0.2, 0.25) is 5.91 Å². The number of amides is 1. The highest BCUT2D eigenvalue weighted by Crippen LogP contribution is 2.04. The molecule has 1 heterocycles. The third-order valence-corrected chi connectivity index (χ3v) is 2.54. The SMILES string of the molecule is NC(=O)Cc1ccc(C[n+]2ccccc2)cc1. The van der Waals surface area contributed by atoms with Gasteiger partial charge in [-0.15, -0.1) is 0 Å². The third kappa shape index (κ3) is 3.41. The van der Waals surface area contributed by atoms with Crippen LogP contribution in [0.15, 0.2) is 54.9 Å². The number of nitrogens with zero attached hydrogens (tertiary/aromatic N) is 1. The number of carbonyl (C=O) groups is 1. The highest BCUT2D eigenvalue weighted by atomic mass is 16.1. The summed E-state index contributed by atoms with van der Waals surface area (Å²) < 4.78 is 2.10. The van der Waals surface area contributed by atoms with Gasteiger partial charge in [0.25, 0.3) is 0 Å². The van der Waals surface area contributed by atoms with E-state index in [1.807, 2.05) is 54.9 Å². The molecule has 0 radical (unpaired) electrons. The molecule has 0 aliphatic rings. The van der Waals surface area contributed by atoms with Gasteiger partial charge in [0.15, 0.2) is 18.9 Å². The largest absolute Gasteiger partial charge is 0.369 e. The number of aromatic nitrogens is 1. The zero-order valence-electron chi connectivity index (χ0n) is 9.54. The molecule has 1 amide bonds.